The van der Waals surface area contributed by atoms with Gasteiger partial charge in [0.15, 0.2) is 0 Å². The molecule has 3 aromatic rings. The average molecular weight is 319 g/mol. The third kappa shape index (κ3) is 2.42. The van der Waals surface area contributed by atoms with E-state index in [0.29, 0.717) is 23.0 Å². The van der Waals surface area contributed by atoms with Crippen molar-refractivity contribution in [1.82, 2.24) is 15.0 Å². The monoisotopic (exact) mass is 319 g/mol. The van der Waals surface area contributed by atoms with Crippen LogP contribution in [0.2, 0.25) is 0 Å². The molecule has 0 atom stereocenters. The fourth-order valence-electron chi connectivity index (χ4n) is 2.19. The molecule has 2 aromatic carbocycles. The zero-order valence-electron chi connectivity index (χ0n) is 11.6. The number of aromatic nitrogens is 3. The molecule has 7 nitrogen and oxygen atoms in total. The highest BCUT2D eigenvalue weighted by molar-refractivity contribution is 7.85. The first-order valence-corrected chi connectivity index (χ1v) is 8.00. The van der Waals surface area contributed by atoms with E-state index in [1.165, 1.54) is 6.07 Å². The molecule has 0 unspecified atom stereocenters. The lowest BCUT2D eigenvalue weighted by molar-refractivity contribution is 0.459. The molecule has 0 saturated carbocycles. The first-order valence-electron chi connectivity index (χ1n) is 6.56. The molecule has 0 saturated heterocycles. The molecule has 0 aliphatic rings. The van der Waals surface area contributed by atoms with Crippen LogP contribution in [0.4, 0.5) is 0 Å². The summed E-state index contributed by atoms with van der Waals surface area (Å²) < 4.78 is 32.0. The number of hydrogen-bond acceptors (Lipinski definition) is 5. The second-order valence-electron chi connectivity index (χ2n) is 4.76. The van der Waals surface area contributed by atoms with E-state index >= 15 is 0 Å². The smallest absolute Gasteiger partial charge is 0.294 e. The summed E-state index contributed by atoms with van der Waals surface area (Å²) in [6.07, 6.45) is 0.392. The SMILES string of the molecule is CCc1cc(S(=O)(=O)O)cc(-n2nc3ccccc3n2)c1O. The van der Waals surface area contributed by atoms with Crippen LogP contribution >= 0.6 is 0 Å². The Morgan fingerprint density at radius 2 is 1.73 bits per heavy atom. The van der Waals surface area contributed by atoms with E-state index in [0.717, 1.165) is 10.9 Å². The minimum atomic E-state index is -4.39. The van der Waals surface area contributed by atoms with Gasteiger partial charge < -0.3 is 5.11 Å². The average Bonchev–Trinajstić information content (AvgIpc) is 2.89. The summed E-state index contributed by atoms with van der Waals surface area (Å²) in [4.78, 5) is 0.854. The molecule has 2 N–H and O–H groups in total. The van der Waals surface area contributed by atoms with Gasteiger partial charge in [-0.05, 0) is 36.2 Å². The van der Waals surface area contributed by atoms with E-state index in [1.54, 1.807) is 31.2 Å². The van der Waals surface area contributed by atoms with Crippen molar-refractivity contribution < 1.29 is 18.1 Å². The van der Waals surface area contributed by atoms with Crippen LogP contribution in [-0.4, -0.2) is 33.1 Å². The van der Waals surface area contributed by atoms with Gasteiger partial charge in [-0.25, -0.2) is 0 Å². The Balaban J connectivity index is 2.29. The lowest BCUT2D eigenvalue weighted by atomic mass is 10.1. The summed E-state index contributed by atoms with van der Waals surface area (Å²) in [6.45, 7) is 1.76. The highest BCUT2D eigenvalue weighted by Gasteiger charge is 2.19. The van der Waals surface area contributed by atoms with Gasteiger partial charge >= 0.3 is 0 Å². The van der Waals surface area contributed by atoms with E-state index < -0.39 is 10.1 Å². The molecule has 0 aliphatic carbocycles. The van der Waals surface area contributed by atoms with Gasteiger partial charge in [-0.1, -0.05) is 19.1 Å². The normalized spacial score (nSPS) is 11.9. The van der Waals surface area contributed by atoms with Crippen LogP contribution in [0.15, 0.2) is 41.3 Å². The number of rotatable bonds is 3. The Bertz CT molecular complexity index is 930. The van der Waals surface area contributed by atoms with Gasteiger partial charge in [-0.15, -0.1) is 15.0 Å². The Hall–Kier alpha value is -2.45. The molecule has 1 heterocycles. The van der Waals surface area contributed by atoms with Crippen LogP contribution in [-0.2, 0) is 16.5 Å². The van der Waals surface area contributed by atoms with Crippen molar-refractivity contribution >= 4 is 21.2 Å². The van der Waals surface area contributed by atoms with Gasteiger partial charge in [0, 0.05) is 0 Å². The molecular formula is C14H13N3O4S. The Kier molecular flexibility index (Phi) is 3.34. The van der Waals surface area contributed by atoms with Gasteiger partial charge in [-0.2, -0.15) is 8.42 Å². The zero-order chi connectivity index (χ0) is 15.9. The number of phenols is 1. The van der Waals surface area contributed by atoms with Gasteiger partial charge in [0.25, 0.3) is 10.1 Å². The Morgan fingerprint density at radius 3 is 2.23 bits per heavy atom. The molecule has 8 heteroatoms. The maximum absolute atomic E-state index is 11.4. The largest absolute Gasteiger partial charge is 0.505 e. The second kappa shape index (κ2) is 5.08. The van der Waals surface area contributed by atoms with E-state index in [4.69, 9.17) is 0 Å². The summed E-state index contributed by atoms with van der Waals surface area (Å²) in [5.41, 5.74) is 1.70. The molecule has 22 heavy (non-hydrogen) atoms. The highest BCUT2D eigenvalue weighted by Crippen LogP contribution is 2.30. The lowest BCUT2D eigenvalue weighted by Gasteiger charge is -2.09. The third-order valence-corrected chi connectivity index (χ3v) is 4.15. The van der Waals surface area contributed by atoms with Crippen LogP contribution in [0.3, 0.4) is 0 Å². The van der Waals surface area contributed by atoms with Crippen molar-refractivity contribution in [2.45, 2.75) is 18.2 Å². The van der Waals surface area contributed by atoms with Crippen molar-refractivity contribution in [3.05, 3.63) is 42.0 Å². The first-order chi connectivity index (χ1) is 10.4. The molecule has 0 bridgehead atoms. The van der Waals surface area contributed by atoms with Crippen LogP contribution in [0.1, 0.15) is 12.5 Å². The summed E-state index contributed by atoms with van der Waals surface area (Å²) in [5.74, 6) is -0.116. The predicted molar refractivity (Wildman–Crippen MR) is 79.7 cm³/mol. The van der Waals surface area contributed by atoms with E-state index in [9.17, 15) is 18.1 Å². The number of aromatic hydroxyl groups is 1. The molecule has 0 amide bonds. The fourth-order valence-corrected chi connectivity index (χ4v) is 2.74. The van der Waals surface area contributed by atoms with Crippen molar-refractivity contribution in [2.75, 3.05) is 0 Å². The van der Waals surface area contributed by atoms with Crippen molar-refractivity contribution in [2.24, 2.45) is 0 Å². The van der Waals surface area contributed by atoms with E-state index in [-0.39, 0.29) is 16.3 Å². The van der Waals surface area contributed by atoms with Gasteiger partial charge in [0.05, 0.1) is 4.90 Å². The van der Waals surface area contributed by atoms with Crippen molar-refractivity contribution in [3.8, 4) is 11.4 Å². The van der Waals surface area contributed by atoms with Crippen molar-refractivity contribution in [1.29, 1.82) is 0 Å². The van der Waals surface area contributed by atoms with Gasteiger partial charge in [0.1, 0.15) is 22.5 Å². The van der Waals surface area contributed by atoms with Crippen LogP contribution in [0.5, 0.6) is 5.75 Å². The van der Waals surface area contributed by atoms with Gasteiger partial charge in [-0.3, -0.25) is 4.55 Å². The molecule has 0 spiro atoms. The predicted octanol–water partition coefficient (Wildman–Crippen LogP) is 1.94. The van der Waals surface area contributed by atoms with E-state index in [2.05, 4.69) is 10.2 Å². The minimum absolute atomic E-state index is 0.100. The standard InChI is InChI=1S/C14H13N3O4S/c1-2-9-7-10(22(19,20)21)8-13(14(9)18)17-15-11-5-3-4-6-12(11)16-17/h3-8,18H,2H2,1H3,(H,19,20,21). The molecule has 3 rings (SSSR count). The molecule has 0 fully saturated rings. The van der Waals surface area contributed by atoms with Crippen LogP contribution in [0.25, 0.3) is 16.7 Å². The van der Waals surface area contributed by atoms with Gasteiger partial charge in [0.2, 0.25) is 0 Å². The van der Waals surface area contributed by atoms with E-state index in [1.807, 2.05) is 0 Å². The third-order valence-electron chi connectivity index (χ3n) is 3.32. The zero-order valence-corrected chi connectivity index (χ0v) is 12.4. The Labute approximate surface area is 126 Å². The fraction of sp³-hybridized carbons (Fsp3) is 0.143. The number of hydrogen-bond donors (Lipinski definition) is 2. The number of fused-ring (bicyclic) bond motifs is 1. The van der Waals surface area contributed by atoms with Crippen molar-refractivity contribution in [3.63, 3.8) is 0 Å². The van der Waals surface area contributed by atoms with Crippen LogP contribution < -0.4 is 0 Å². The molecule has 0 radical (unpaired) electrons. The van der Waals surface area contributed by atoms with Crippen LogP contribution in [0, 0.1) is 0 Å². The number of aryl methyl sites for hydroxylation is 1. The Morgan fingerprint density at radius 1 is 1.14 bits per heavy atom. The maximum atomic E-state index is 11.4. The summed E-state index contributed by atoms with van der Waals surface area (Å²) in [5, 5.41) is 18.7. The topological polar surface area (TPSA) is 105 Å². The minimum Gasteiger partial charge on any atom is -0.505 e. The lowest BCUT2D eigenvalue weighted by Crippen LogP contribution is -2.05. The molecule has 1 aromatic heterocycles. The summed E-state index contributed by atoms with van der Waals surface area (Å²) in [6, 6.07) is 9.48. The quantitative estimate of drug-likeness (QED) is 0.715. The number of nitrogens with zero attached hydrogens (tertiary/aromatic N) is 3. The highest BCUT2D eigenvalue weighted by atomic mass is 32.2. The number of phenolic OH excluding ortho intramolecular Hbond substituents is 1. The second-order valence-corrected chi connectivity index (χ2v) is 6.18. The molecule has 114 valence electrons. The summed E-state index contributed by atoms with van der Waals surface area (Å²) >= 11 is 0. The first kappa shape index (κ1) is 14.5. The maximum Gasteiger partial charge on any atom is 0.294 e. The summed E-state index contributed by atoms with van der Waals surface area (Å²) in [7, 11) is -4.39. The molecule has 0 aliphatic heterocycles. The number of benzene rings is 2. The molecular weight excluding hydrogens is 306 g/mol.